The van der Waals surface area contributed by atoms with E-state index in [0.717, 1.165) is 24.0 Å². The molecule has 0 spiro atoms. The monoisotopic (exact) mass is 276 g/mol. The zero-order valence-electron chi connectivity index (χ0n) is 11.4. The van der Waals surface area contributed by atoms with Crippen LogP contribution in [0.5, 0.6) is 0 Å². The molecule has 1 aromatic carbocycles. The first kappa shape index (κ1) is 13.1. The zero-order chi connectivity index (χ0) is 14.3. The number of amides is 2. The van der Waals surface area contributed by atoms with Crippen LogP contribution in [-0.2, 0) is 16.1 Å². The number of carbonyl (C=O) groups excluding carboxylic acids is 2. The third-order valence-corrected chi connectivity index (χ3v) is 3.99. The Balaban J connectivity index is 1.79. The molecule has 1 aliphatic carbocycles. The molecule has 20 heavy (non-hydrogen) atoms. The van der Waals surface area contributed by atoms with E-state index in [0.29, 0.717) is 6.54 Å². The SMILES string of the molecule is Cc1ccc(F)cc1CN1CC(=O)NC(C2CC2)C1=O. The average Bonchev–Trinajstić information content (AvgIpc) is 3.22. The number of piperazine rings is 1. The highest BCUT2D eigenvalue weighted by molar-refractivity contribution is 5.95. The summed E-state index contributed by atoms with van der Waals surface area (Å²) in [4.78, 5) is 25.6. The van der Waals surface area contributed by atoms with Gasteiger partial charge in [-0.15, -0.1) is 0 Å². The molecule has 1 saturated heterocycles. The molecule has 1 heterocycles. The molecule has 0 aromatic heterocycles. The van der Waals surface area contributed by atoms with Crippen molar-refractivity contribution in [2.24, 2.45) is 5.92 Å². The van der Waals surface area contributed by atoms with Gasteiger partial charge in [-0.25, -0.2) is 4.39 Å². The van der Waals surface area contributed by atoms with Crippen molar-refractivity contribution in [3.63, 3.8) is 0 Å². The van der Waals surface area contributed by atoms with E-state index in [-0.39, 0.29) is 36.1 Å². The van der Waals surface area contributed by atoms with Gasteiger partial charge in [0.15, 0.2) is 0 Å². The fourth-order valence-electron chi connectivity index (χ4n) is 2.63. The second-order valence-corrected chi connectivity index (χ2v) is 5.65. The normalized spacial score (nSPS) is 22.9. The molecule has 5 heteroatoms. The van der Waals surface area contributed by atoms with Gasteiger partial charge in [0.05, 0.1) is 6.54 Å². The highest BCUT2D eigenvalue weighted by Gasteiger charge is 2.42. The summed E-state index contributed by atoms with van der Waals surface area (Å²) in [5.41, 5.74) is 1.68. The first-order valence-electron chi connectivity index (χ1n) is 6.88. The maximum absolute atomic E-state index is 13.3. The van der Waals surface area contributed by atoms with Gasteiger partial charge in [0.1, 0.15) is 11.9 Å². The van der Waals surface area contributed by atoms with Gasteiger partial charge in [0.25, 0.3) is 0 Å². The van der Waals surface area contributed by atoms with E-state index >= 15 is 0 Å². The summed E-state index contributed by atoms with van der Waals surface area (Å²) in [6.45, 7) is 2.22. The number of nitrogens with zero attached hydrogens (tertiary/aromatic N) is 1. The molecule has 1 aromatic rings. The number of hydrogen-bond donors (Lipinski definition) is 1. The number of nitrogens with one attached hydrogen (secondary N) is 1. The molecule has 2 amide bonds. The van der Waals surface area contributed by atoms with Crippen LogP contribution in [-0.4, -0.2) is 29.3 Å². The molecule has 3 rings (SSSR count). The molecule has 1 saturated carbocycles. The van der Waals surface area contributed by atoms with Gasteiger partial charge in [0, 0.05) is 6.54 Å². The summed E-state index contributed by atoms with van der Waals surface area (Å²) >= 11 is 0. The number of hydrogen-bond acceptors (Lipinski definition) is 2. The second kappa shape index (κ2) is 4.89. The smallest absolute Gasteiger partial charge is 0.246 e. The second-order valence-electron chi connectivity index (χ2n) is 5.65. The van der Waals surface area contributed by atoms with Crippen molar-refractivity contribution >= 4 is 11.8 Å². The molecule has 2 fully saturated rings. The maximum Gasteiger partial charge on any atom is 0.246 e. The number of carbonyl (C=O) groups is 2. The molecule has 0 bridgehead atoms. The molecular formula is C15H17FN2O2. The number of halogens is 1. The lowest BCUT2D eigenvalue weighted by Crippen LogP contribution is -2.58. The lowest BCUT2D eigenvalue weighted by Gasteiger charge is -2.33. The van der Waals surface area contributed by atoms with E-state index in [4.69, 9.17) is 0 Å². The number of rotatable bonds is 3. The number of aryl methyl sites for hydroxylation is 1. The van der Waals surface area contributed by atoms with Gasteiger partial charge in [-0.05, 0) is 48.9 Å². The van der Waals surface area contributed by atoms with Crippen LogP contribution in [0.2, 0.25) is 0 Å². The highest BCUT2D eigenvalue weighted by atomic mass is 19.1. The first-order chi connectivity index (χ1) is 9.54. The third-order valence-electron chi connectivity index (χ3n) is 3.99. The van der Waals surface area contributed by atoms with Gasteiger partial charge < -0.3 is 10.2 Å². The fraction of sp³-hybridized carbons (Fsp3) is 0.467. The Morgan fingerprint density at radius 1 is 1.35 bits per heavy atom. The highest BCUT2D eigenvalue weighted by Crippen LogP contribution is 2.34. The molecular weight excluding hydrogens is 259 g/mol. The Bertz CT molecular complexity index is 569. The van der Waals surface area contributed by atoms with Crippen molar-refractivity contribution in [1.82, 2.24) is 10.2 Å². The van der Waals surface area contributed by atoms with Gasteiger partial charge >= 0.3 is 0 Å². The van der Waals surface area contributed by atoms with Crippen LogP contribution in [0, 0.1) is 18.7 Å². The van der Waals surface area contributed by atoms with Crippen molar-refractivity contribution in [3.8, 4) is 0 Å². The molecule has 1 atom stereocenters. The van der Waals surface area contributed by atoms with Gasteiger partial charge in [-0.1, -0.05) is 6.07 Å². The predicted octanol–water partition coefficient (Wildman–Crippen LogP) is 1.37. The summed E-state index contributed by atoms with van der Waals surface area (Å²) < 4.78 is 13.3. The zero-order valence-corrected chi connectivity index (χ0v) is 11.4. The molecule has 0 radical (unpaired) electrons. The summed E-state index contributed by atoms with van der Waals surface area (Å²) in [7, 11) is 0. The van der Waals surface area contributed by atoms with Gasteiger partial charge in [-0.3, -0.25) is 9.59 Å². The van der Waals surface area contributed by atoms with Crippen molar-refractivity contribution in [3.05, 3.63) is 35.1 Å². The molecule has 2 aliphatic rings. The topological polar surface area (TPSA) is 49.4 Å². The van der Waals surface area contributed by atoms with Crippen LogP contribution in [0.1, 0.15) is 24.0 Å². The molecule has 1 N–H and O–H groups in total. The minimum atomic E-state index is -0.384. The molecule has 106 valence electrons. The van der Waals surface area contributed by atoms with E-state index in [1.54, 1.807) is 6.07 Å². The molecule has 4 nitrogen and oxygen atoms in total. The Morgan fingerprint density at radius 2 is 2.10 bits per heavy atom. The van der Waals surface area contributed by atoms with Crippen molar-refractivity contribution in [2.45, 2.75) is 32.4 Å². The van der Waals surface area contributed by atoms with Crippen LogP contribution < -0.4 is 5.32 Å². The summed E-state index contributed by atoms with van der Waals surface area (Å²) in [6, 6.07) is 4.14. The van der Waals surface area contributed by atoms with E-state index in [1.807, 2.05) is 6.92 Å². The van der Waals surface area contributed by atoms with Gasteiger partial charge in [0.2, 0.25) is 11.8 Å². The third kappa shape index (κ3) is 2.53. The standard InChI is InChI=1S/C15H17FN2O2/c1-9-2-5-12(16)6-11(9)7-18-8-13(19)17-14(15(18)20)10-3-4-10/h2,5-6,10,14H,3-4,7-8H2,1H3,(H,17,19). The Hall–Kier alpha value is -1.91. The predicted molar refractivity (Wildman–Crippen MR) is 71.2 cm³/mol. The molecule has 1 unspecified atom stereocenters. The van der Waals surface area contributed by atoms with Crippen LogP contribution in [0.3, 0.4) is 0 Å². The van der Waals surface area contributed by atoms with E-state index < -0.39 is 0 Å². The van der Waals surface area contributed by atoms with E-state index in [1.165, 1.54) is 17.0 Å². The summed E-state index contributed by atoms with van der Waals surface area (Å²) in [6.07, 6.45) is 1.98. The van der Waals surface area contributed by atoms with Crippen molar-refractivity contribution < 1.29 is 14.0 Å². The van der Waals surface area contributed by atoms with E-state index in [2.05, 4.69) is 5.32 Å². The first-order valence-corrected chi connectivity index (χ1v) is 6.88. The van der Waals surface area contributed by atoms with Crippen molar-refractivity contribution in [1.29, 1.82) is 0 Å². The summed E-state index contributed by atoms with van der Waals surface area (Å²) in [5, 5.41) is 2.77. The number of benzene rings is 1. The summed E-state index contributed by atoms with van der Waals surface area (Å²) in [5.74, 6) is -0.215. The fourth-order valence-corrected chi connectivity index (χ4v) is 2.63. The van der Waals surface area contributed by atoms with Crippen LogP contribution in [0.15, 0.2) is 18.2 Å². The van der Waals surface area contributed by atoms with E-state index in [9.17, 15) is 14.0 Å². The quantitative estimate of drug-likeness (QED) is 0.906. The van der Waals surface area contributed by atoms with Gasteiger partial charge in [-0.2, -0.15) is 0 Å². The Labute approximate surface area is 117 Å². The maximum atomic E-state index is 13.3. The average molecular weight is 276 g/mol. The largest absolute Gasteiger partial charge is 0.342 e. The van der Waals surface area contributed by atoms with Crippen molar-refractivity contribution in [2.75, 3.05) is 6.54 Å². The minimum Gasteiger partial charge on any atom is -0.342 e. The van der Waals surface area contributed by atoms with Crippen LogP contribution >= 0.6 is 0 Å². The lowest BCUT2D eigenvalue weighted by atomic mass is 10.0. The van der Waals surface area contributed by atoms with Crippen LogP contribution in [0.25, 0.3) is 0 Å². The Morgan fingerprint density at radius 3 is 2.80 bits per heavy atom. The van der Waals surface area contributed by atoms with Crippen LogP contribution in [0.4, 0.5) is 4.39 Å². The lowest BCUT2D eigenvalue weighted by molar-refractivity contribution is -0.145. The Kier molecular flexibility index (Phi) is 3.20. The molecule has 1 aliphatic heterocycles. The minimum absolute atomic E-state index is 0.0456.